The molecular formula is C29H32FN3O. The van der Waals surface area contributed by atoms with E-state index in [2.05, 4.69) is 66.3 Å². The van der Waals surface area contributed by atoms with Gasteiger partial charge in [-0.2, -0.15) is 0 Å². The number of amides is 1. The van der Waals surface area contributed by atoms with Gasteiger partial charge in [-0.05, 0) is 90.8 Å². The molecule has 5 rings (SSSR count). The Morgan fingerprint density at radius 3 is 2.65 bits per heavy atom. The molecule has 1 fully saturated rings. The van der Waals surface area contributed by atoms with Gasteiger partial charge in [-0.15, -0.1) is 0 Å². The zero-order valence-corrected chi connectivity index (χ0v) is 20.2. The fourth-order valence-corrected chi connectivity index (χ4v) is 4.70. The lowest BCUT2D eigenvalue weighted by Gasteiger charge is -2.23. The number of benzene rings is 2. The van der Waals surface area contributed by atoms with Crippen LogP contribution in [0.2, 0.25) is 0 Å². The largest absolute Gasteiger partial charge is 0.356 e. The molecule has 1 aliphatic heterocycles. The smallest absolute Gasteiger partial charge is 0.224 e. The molecule has 0 saturated heterocycles. The summed E-state index contributed by atoms with van der Waals surface area (Å²) in [6.45, 7) is 7.49. The van der Waals surface area contributed by atoms with Gasteiger partial charge in [-0.1, -0.05) is 26.8 Å². The standard InChI is InChI=1S/C29H32FN3O/c1-29(2,3)18-33-24(16-21-15-22(30)9-13-27(21)33)11-12-25(19-5-4-6-19)31-23-10-7-20-8-14-28(34)32-26(20)17-23/h7,9-13,15-17,31H,4-6,8,14,18H2,1-3H3,(H,32,34)/b12-11+. The van der Waals surface area contributed by atoms with Crippen molar-refractivity contribution in [1.29, 1.82) is 0 Å². The second-order valence-corrected chi connectivity index (χ2v) is 10.7. The molecular weight excluding hydrogens is 425 g/mol. The van der Waals surface area contributed by atoms with Crippen LogP contribution in [0.3, 0.4) is 0 Å². The molecule has 1 saturated carbocycles. The van der Waals surface area contributed by atoms with E-state index in [-0.39, 0.29) is 17.1 Å². The monoisotopic (exact) mass is 457 g/mol. The minimum absolute atomic E-state index is 0.0743. The first-order valence-electron chi connectivity index (χ1n) is 12.1. The van der Waals surface area contributed by atoms with Gasteiger partial charge in [0.15, 0.2) is 0 Å². The molecule has 4 nitrogen and oxygen atoms in total. The van der Waals surface area contributed by atoms with Crippen LogP contribution in [0.1, 0.15) is 57.7 Å². The van der Waals surface area contributed by atoms with Crippen molar-refractivity contribution in [2.75, 3.05) is 10.6 Å². The number of fused-ring (bicyclic) bond motifs is 2. The number of allylic oxidation sites excluding steroid dienone is 2. The Morgan fingerprint density at radius 1 is 1.09 bits per heavy atom. The van der Waals surface area contributed by atoms with Crippen molar-refractivity contribution in [1.82, 2.24) is 4.57 Å². The molecule has 0 atom stereocenters. The number of aryl methyl sites for hydroxylation is 1. The maximum Gasteiger partial charge on any atom is 0.224 e. The third-order valence-corrected chi connectivity index (χ3v) is 6.57. The molecule has 2 aromatic carbocycles. The average molecular weight is 458 g/mol. The van der Waals surface area contributed by atoms with E-state index in [1.165, 1.54) is 23.6 Å². The Hall–Kier alpha value is -3.34. The highest BCUT2D eigenvalue weighted by Crippen LogP contribution is 2.33. The fraction of sp³-hybridized carbons (Fsp3) is 0.345. The molecule has 34 heavy (non-hydrogen) atoms. The second-order valence-electron chi connectivity index (χ2n) is 10.7. The van der Waals surface area contributed by atoms with Crippen LogP contribution in [0.5, 0.6) is 0 Å². The zero-order chi connectivity index (χ0) is 23.9. The van der Waals surface area contributed by atoms with Crippen LogP contribution < -0.4 is 10.6 Å². The maximum atomic E-state index is 13.9. The van der Waals surface area contributed by atoms with Crippen molar-refractivity contribution in [3.8, 4) is 0 Å². The highest BCUT2D eigenvalue weighted by atomic mass is 19.1. The van der Waals surface area contributed by atoms with Crippen LogP contribution in [0, 0.1) is 11.2 Å². The van der Waals surface area contributed by atoms with E-state index >= 15 is 0 Å². The summed E-state index contributed by atoms with van der Waals surface area (Å²) in [7, 11) is 0. The highest BCUT2D eigenvalue weighted by molar-refractivity contribution is 5.94. The lowest BCUT2D eigenvalue weighted by atomic mass is 9.90. The van der Waals surface area contributed by atoms with E-state index in [1.54, 1.807) is 6.07 Å². The number of hydrogen-bond acceptors (Lipinski definition) is 2. The number of rotatable bonds is 5. The van der Waals surface area contributed by atoms with Crippen LogP contribution in [-0.4, -0.2) is 10.5 Å². The van der Waals surface area contributed by atoms with Crippen molar-refractivity contribution in [3.05, 3.63) is 76.9 Å². The van der Waals surface area contributed by atoms with Gasteiger partial charge in [-0.3, -0.25) is 4.79 Å². The number of hydrogen-bond donors (Lipinski definition) is 2. The molecule has 176 valence electrons. The van der Waals surface area contributed by atoms with Crippen LogP contribution >= 0.6 is 0 Å². The first-order chi connectivity index (χ1) is 16.2. The Bertz CT molecular complexity index is 1320. The van der Waals surface area contributed by atoms with Crippen LogP contribution in [0.4, 0.5) is 15.8 Å². The first-order valence-corrected chi connectivity index (χ1v) is 12.1. The second kappa shape index (κ2) is 8.79. The molecule has 3 aromatic rings. The predicted octanol–water partition coefficient (Wildman–Crippen LogP) is 7.27. The summed E-state index contributed by atoms with van der Waals surface area (Å²) in [6.07, 6.45) is 9.00. The molecule has 1 amide bonds. The average Bonchev–Trinajstić information content (AvgIpc) is 3.05. The number of halogens is 1. The summed E-state index contributed by atoms with van der Waals surface area (Å²) in [5.74, 6) is -0.139. The van der Waals surface area contributed by atoms with Gasteiger partial charge >= 0.3 is 0 Å². The maximum absolute atomic E-state index is 13.9. The van der Waals surface area contributed by atoms with Gasteiger partial charge in [0, 0.05) is 46.6 Å². The molecule has 2 N–H and O–H groups in total. The van der Waals surface area contributed by atoms with Gasteiger partial charge in [0.25, 0.3) is 0 Å². The molecule has 0 spiro atoms. The van der Waals surface area contributed by atoms with Crippen LogP contribution in [0.25, 0.3) is 17.0 Å². The SMILES string of the molecule is CC(C)(C)Cn1c(/C=C/C(Nc2ccc3c(c2)NC(=O)CC3)=C2CCC2)cc2cc(F)ccc21. The predicted molar refractivity (Wildman–Crippen MR) is 138 cm³/mol. The third-order valence-electron chi connectivity index (χ3n) is 6.57. The van der Waals surface area contributed by atoms with Crippen molar-refractivity contribution in [2.45, 2.75) is 59.4 Å². The minimum Gasteiger partial charge on any atom is -0.356 e. The number of carbonyl (C=O) groups is 1. The van der Waals surface area contributed by atoms with Crippen LogP contribution in [0.15, 0.2) is 59.8 Å². The van der Waals surface area contributed by atoms with E-state index in [1.807, 2.05) is 12.1 Å². The quantitative estimate of drug-likeness (QED) is 0.423. The summed E-state index contributed by atoms with van der Waals surface area (Å²) in [5, 5.41) is 7.51. The Balaban J connectivity index is 1.47. The van der Waals surface area contributed by atoms with E-state index in [0.717, 1.165) is 59.5 Å². The number of aromatic nitrogens is 1. The summed E-state index contributed by atoms with van der Waals surface area (Å²) >= 11 is 0. The lowest BCUT2D eigenvalue weighted by Crippen LogP contribution is -2.19. The molecule has 1 aliphatic carbocycles. The first kappa shape index (κ1) is 22.5. The number of carbonyl (C=O) groups excluding carboxylic acids is 1. The van der Waals surface area contributed by atoms with Crippen molar-refractivity contribution < 1.29 is 9.18 Å². The molecule has 1 aromatic heterocycles. The third kappa shape index (κ3) is 4.79. The number of anilines is 2. The van der Waals surface area contributed by atoms with Gasteiger partial charge in [0.2, 0.25) is 5.91 Å². The summed E-state index contributed by atoms with van der Waals surface area (Å²) in [6, 6.07) is 13.3. The summed E-state index contributed by atoms with van der Waals surface area (Å²) < 4.78 is 16.2. The fourth-order valence-electron chi connectivity index (χ4n) is 4.70. The lowest BCUT2D eigenvalue weighted by molar-refractivity contribution is -0.116. The van der Waals surface area contributed by atoms with Gasteiger partial charge in [-0.25, -0.2) is 4.39 Å². The Kier molecular flexibility index (Phi) is 5.80. The Morgan fingerprint density at radius 2 is 1.91 bits per heavy atom. The molecule has 2 aliphatic rings. The normalized spacial score (nSPS) is 15.9. The van der Waals surface area contributed by atoms with Crippen LogP contribution in [-0.2, 0) is 17.8 Å². The summed E-state index contributed by atoms with van der Waals surface area (Å²) in [4.78, 5) is 11.8. The van der Waals surface area contributed by atoms with E-state index < -0.39 is 0 Å². The van der Waals surface area contributed by atoms with Crippen molar-refractivity contribution in [2.24, 2.45) is 5.41 Å². The van der Waals surface area contributed by atoms with E-state index in [0.29, 0.717) is 6.42 Å². The molecule has 2 heterocycles. The molecule has 0 radical (unpaired) electrons. The number of nitrogens with zero attached hydrogens (tertiary/aromatic N) is 1. The van der Waals surface area contributed by atoms with Crippen molar-refractivity contribution in [3.63, 3.8) is 0 Å². The van der Waals surface area contributed by atoms with Gasteiger partial charge in [0.05, 0.1) is 0 Å². The van der Waals surface area contributed by atoms with E-state index in [9.17, 15) is 9.18 Å². The zero-order valence-electron chi connectivity index (χ0n) is 20.2. The molecule has 0 unspecified atom stereocenters. The molecule has 0 bridgehead atoms. The topological polar surface area (TPSA) is 46.1 Å². The van der Waals surface area contributed by atoms with Gasteiger partial charge < -0.3 is 15.2 Å². The van der Waals surface area contributed by atoms with Gasteiger partial charge in [0.1, 0.15) is 5.82 Å². The molecule has 5 heteroatoms. The van der Waals surface area contributed by atoms with E-state index in [4.69, 9.17) is 0 Å². The Labute approximate surface area is 200 Å². The van der Waals surface area contributed by atoms with Crippen molar-refractivity contribution >= 4 is 34.3 Å². The number of nitrogens with one attached hydrogen (secondary N) is 2. The highest BCUT2D eigenvalue weighted by Gasteiger charge is 2.18. The minimum atomic E-state index is -0.214. The summed E-state index contributed by atoms with van der Waals surface area (Å²) in [5.41, 5.74) is 7.75.